The van der Waals surface area contributed by atoms with E-state index < -0.39 is 6.04 Å². The van der Waals surface area contributed by atoms with Gasteiger partial charge in [-0.05, 0) is 0 Å². The van der Waals surface area contributed by atoms with Crippen LogP contribution in [0.2, 0.25) is 0 Å². The summed E-state index contributed by atoms with van der Waals surface area (Å²) in [7, 11) is 4.82. The van der Waals surface area contributed by atoms with Gasteiger partial charge in [0, 0.05) is 0 Å². The van der Waals surface area contributed by atoms with Crippen molar-refractivity contribution in [3.63, 3.8) is 0 Å². The maximum Gasteiger partial charge on any atom is 0.365 e. The Hall–Kier alpha value is -1.14. The number of hydrogen-bond donors (Lipinski definition) is 2. The summed E-state index contributed by atoms with van der Waals surface area (Å²) >= 11 is 0. The van der Waals surface area contributed by atoms with E-state index in [4.69, 9.17) is 4.74 Å². The molecule has 2 N–H and O–H groups in total. The molecule has 98 valence electrons. The summed E-state index contributed by atoms with van der Waals surface area (Å²) in [6, 6.07) is -0.430. The lowest BCUT2D eigenvalue weighted by atomic mass is 10.1. The van der Waals surface area contributed by atoms with Crippen LogP contribution in [0.5, 0.6) is 0 Å². The molecule has 1 atom stereocenters. The molecule has 0 amide bonds. The fourth-order valence-corrected chi connectivity index (χ4v) is 2.13. The normalized spacial score (nSPS) is 26.1. The van der Waals surface area contributed by atoms with Crippen molar-refractivity contribution in [1.29, 1.82) is 0 Å². The molecule has 0 aliphatic carbocycles. The zero-order valence-corrected chi connectivity index (χ0v) is 10.7. The lowest BCUT2D eigenvalue weighted by Crippen LogP contribution is -3.29. The van der Waals surface area contributed by atoms with E-state index in [2.05, 4.69) is 11.8 Å². The van der Waals surface area contributed by atoms with Gasteiger partial charge in [0.2, 0.25) is 0 Å². The third-order valence-electron chi connectivity index (χ3n) is 3.32. The first kappa shape index (κ1) is 13.9. The number of ether oxygens (including phenoxy) is 2. The molecule has 0 saturated carbocycles. The molecule has 0 spiro atoms. The smallest absolute Gasteiger partial charge is 0.365 e. The summed E-state index contributed by atoms with van der Waals surface area (Å²) in [5, 5.41) is 0. The Morgan fingerprint density at radius 2 is 1.71 bits per heavy atom. The van der Waals surface area contributed by atoms with E-state index in [1.54, 1.807) is 0 Å². The Labute approximate surface area is 101 Å². The van der Waals surface area contributed by atoms with Crippen LogP contribution in [-0.2, 0) is 19.1 Å². The highest BCUT2D eigenvalue weighted by molar-refractivity contribution is 5.81. The number of esters is 2. The average molecular weight is 246 g/mol. The van der Waals surface area contributed by atoms with Crippen LogP contribution in [-0.4, -0.2) is 65.4 Å². The van der Waals surface area contributed by atoms with Crippen molar-refractivity contribution in [2.24, 2.45) is 0 Å². The number of likely N-dealkylation sites (N-methyl/N-ethyl adjacent to an activating group) is 1. The van der Waals surface area contributed by atoms with Gasteiger partial charge in [-0.3, -0.25) is 4.79 Å². The highest BCUT2D eigenvalue weighted by Crippen LogP contribution is 1.94. The number of quaternary nitrogens is 2. The Morgan fingerprint density at radius 1 is 1.12 bits per heavy atom. The number of piperazine rings is 1. The van der Waals surface area contributed by atoms with Crippen LogP contribution in [0.4, 0.5) is 0 Å². The van der Waals surface area contributed by atoms with Gasteiger partial charge in [-0.2, -0.15) is 0 Å². The van der Waals surface area contributed by atoms with Crippen LogP contribution in [0.3, 0.4) is 0 Å². The molecule has 1 fully saturated rings. The van der Waals surface area contributed by atoms with Crippen molar-refractivity contribution in [2.45, 2.75) is 12.5 Å². The van der Waals surface area contributed by atoms with Crippen LogP contribution in [0, 0.1) is 0 Å². The van der Waals surface area contributed by atoms with Crippen molar-refractivity contribution in [3.8, 4) is 0 Å². The molecule has 6 heteroatoms. The molecule has 1 saturated heterocycles. The third-order valence-corrected chi connectivity index (χ3v) is 3.32. The number of hydrogen-bond acceptors (Lipinski definition) is 4. The molecule has 1 heterocycles. The molecule has 6 nitrogen and oxygen atoms in total. The number of nitrogens with one attached hydrogen (secondary N) is 2. The molecular formula is C11H22N2O4+2. The lowest BCUT2D eigenvalue weighted by molar-refractivity contribution is -1.01. The zero-order chi connectivity index (χ0) is 12.8. The fraction of sp³-hybridized carbons (Fsp3) is 0.818. The second-order valence-corrected chi connectivity index (χ2v) is 4.47. The van der Waals surface area contributed by atoms with Crippen LogP contribution in [0.15, 0.2) is 0 Å². The van der Waals surface area contributed by atoms with Gasteiger partial charge in [-0.25, -0.2) is 4.79 Å². The molecule has 0 bridgehead atoms. The summed E-state index contributed by atoms with van der Waals surface area (Å²) in [5.41, 5.74) is 0. The maximum atomic E-state index is 11.7. The molecule has 1 rings (SSSR count). The summed E-state index contributed by atoms with van der Waals surface area (Å²) in [6.07, 6.45) is 0.0948. The zero-order valence-electron chi connectivity index (χ0n) is 10.7. The summed E-state index contributed by atoms with van der Waals surface area (Å²) in [6.45, 7) is 3.76. The van der Waals surface area contributed by atoms with Gasteiger partial charge in [-0.15, -0.1) is 0 Å². The van der Waals surface area contributed by atoms with Gasteiger partial charge in [-0.1, -0.05) is 0 Å². The monoisotopic (exact) mass is 246 g/mol. The van der Waals surface area contributed by atoms with Crippen LogP contribution in [0.25, 0.3) is 0 Å². The minimum absolute atomic E-state index is 0.0948. The second-order valence-electron chi connectivity index (χ2n) is 4.47. The van der Waals surface area contributed by atoms with E-state index in [1.807, 2.05) is 0 Å². The summed E-state index contributed by atoms with van der Waals surface area (Å²) < 4.78 is 9.39. The first-order chi connectivity index (χ1) is 8.08. The quantitative estimate of drug-likeness (QED) is 0.506. The molecule has 1 aliphatic rings. The van der Waals surface area contributed by atoms with Crippen molar-refractivity contribution in [2.75, 3.05) is 47.4 Å². The first-order valence-corrected chi connectivity index (χ1v) is 5.89. The highest BCUT2D eigenvalue weighted by atomic mass is 16.5. The molecule has 0 aromatic heterocycles. The van der Waals surface area contributed by atoms with Gasteiger partial charge in [0.1, 0.15) is 32.6 Å². The van der Waals surface area contributed by atoms with Gasteiger partial charge in [0.25, 0.3) is 0 Å². The van der Waals surface area contributed by atoms with Crippen molar-refractivity contribution < 1.29 is 28.9 Å². The minimum atomic E-state index is -0.430. The largest absolute Gasteiger partial charge is 0.469 e. The first-order valence-electron chi connectivity index (χ1n) is 5.89. The number of rotatable bonds is 4. The van der Waals surface area contributed by atoms with Gasteiger partial charge in [0.15, 0.2) is 6.04 Å². The Bertz CT molecular complexity index is 275. The molecule has 0 aromatic rings. The summed E-state index contributed by atoms with van der Waals surface area (Å²) in [5.74, 6) is -0.691. The van der Waals surface area contributed by atoms with E-state index in [-0.39, 0.29) is 18.4 Å². The molecular weight excluding hydrogens is 224 g/mol. The topological polar surface area (TPSA) is 61.5 Å². The lowest BCUT2D eigenvalue weighted by Gasteiger charge is -2.31. The Morgan fingerprint density at radius 3 is 2.18 bits per heavy atom. The van der Waals surface area contributed by atoms with E-state index in [0.29, 0.717) is 0 Å². The van der Waals surface area contributed by atoms with Crippen molar-refractivity contribution in [3.05, 3.63) is 0 Å². The second kappa shape index (κ2) is 6.56. The van der Waals surface area contributed by atoms with Gasteiger partial charge >= 0.3 is 11.9 Å². The van der Waals surface area contributed by atoms with Gasteiger partial charge in [0.05, 0.1) is 21.3 Å². The minimum Gasteiger partial charge on any atom is -0.469 e. The SMILES string of the molecule is COC(=O)C[C@@H](C(=O)OC)[NH+]1CC[NH+](C)CC1. The number of carbonyl (C=O) groups excluding carboxylic acids is 2. The number of carbonyl (C=O) groups is 2. The standard InChI is InChI=1S/C11H20N2O4/c1-12-4-6-13(7-5-12)9(11(15)17-3)8-10(14)16-2/h9H,4-8H2,1-3H3/p+2/t9-/m0/s1. The molecule has 0 unspecified atom stereocenters. The predicted molar refractivity (Wildman–Crippen MR) is 59.8 cm³/mol. The van der Waals surface area contributed by atoms with Crippen molar-refractivity contribution in [1.82, 2.24) is 0 Å². The molecule has 17 heavy (non-hydrogen) atoms. The van der Waals surface area contributed by atoms with Crippen LogP contribution in [0.1, 0.15) is 6.42 Å². The average Bonchev–Trinajstić information content (AvgIpc) is 2.36. The number of methoxy groups -OCH3 is 2. The van der Waals surface area contributed by atoms with E-state index in [9.17, 15) is 9.59 Å². The Kier molecular flexibility index (Phi) is 5.37. The van der Waals surface area contributed by atoms with E-state index in [0.717, 1.165) is 31.1 Å². The Balaban J connectivity index is 2.62. The predicted octanol–water partition coefficient (Wildman–Crippen LogP) is -3.50. The molecule has 1 aliphatic heterocycles. The third kappa shape index (κ3) is 3.98. The van der Waals surface area contributed by atoms with Crippen LogP contribution >= 0.6 is 0 Å². The van der Waals surface area contributed by atoms with E-state index in [1.165, 1.54) is 19.1 Å². The molecule has 0 aromatic carbocycles. The maximum absolute atomic E-state index is 11.7. The molecule has 0 radical (unpaired) electrons. The van der Waals surface area contributed by atoms with Crippen LogP contribution < -0.4 is 9.80 Å². The summed E-state index contributed by atoms with van der Waals surface area (Å²) in [4.78, 5) is 25.6. The van der Waals surface area contributed by atoms with Gasteiger partial charge < -0.3 is 19.3 Å². The highest BCUT2D eigenvalue weighted by Gasteiger charge is 2.36. The van der Waals surface area contributed by atoms with Crippen molar-refractivity contribution >= 4 is 11.9 Å². The van der Waals surface area contributed by atoms with E-state index >= 15 is 0 Å². The fourth-order valence-electron chi connectivity index (χ4n) is 2.13.